The van der Waals surface area contributed by atoms with Crippen molar-refractivity contribution in [3.63, 3.8) is 0 Å². The smallest absolute Gasteiger partial charge is 0.338 e. The normalized spacial score (nSPS) is 18.7. The fourth-order valence-corrected chi connectivity index (χ4v) is 2.67. The Hall–Kier alpha value is -1.29. The third-order valence-corrected chi connectivity index (χ3v) is 3.69. The number of carbonyl (C=O) groups is 1. The number of halogens is 1. The van der Waals surface area contributed by atoms with E-state index in [2.05, 4.69) is 15.9 Å². The van der Waals surface area contributed by atoms with Crippen LogP contribution in [0.4, 0.5) is 0 Å². The van der Waals surface area contributed by atoms with E-state index in [1.54, 1.807) is 6.92 Å². The van der Waals surface area contributed by atoms with Gasteiger partial charge in [-0.25, -0.2) is 4.79 Å². The summed E-state index contributed by atoms with van der Waals surface area (Å²) in [6.45, 7) is 4.47. The summed E-state index contributed by atoms with van der Waals surface area (Å²) in [5, 5.41) is 0. The molecule has 1 aromatic carbocycles. The van der Waals surface area contributed by atoms with Crippen molar-refractivity contribution in [2.75, 3.05) is 13.2 Å². The first kappa shape index (κ1) is 13.1. The minimum absolute atomic E-state index is 0.0559. The van der Waals surface area contributed by atoms with E-state index in [0.717, 1.165) is 10.0 Å². The highest BCUT2D eigenvalue weighted by molar-refractivity contribution is 9.10. The Kier molecular flexibility index (Phi) is 4.07. The van der Waals surface area contributed by atoms with Crippen molar-refractivity contribution in [2.45, 2.75) is 19.8 Å². The monoisotopic (exact) mass is 310 g/mol. The number of allylic oxidation sites excluding steroid dienone is 1. The van der Waals surface area contributed by atoms with Crippen LogP contribution in [-0.2, 0) is 14.3 Å². The van der Waals surface area contributed by atoms with Crippen molar-refractivity contribution >= 4 is 21.9 Å². The molecule has 1 atom stereocenters. The Balaban J connectivity index is 2.35. The van der Waals surface area contributed by atoms with Gasteiger partial charge in [-0.15, -0.1) is 0 Å². The van der Waals surface area contributed by atoms with Gasteiger partial charge in [0.25, 0.3) is 0 Å². The molecule has 4 heteroatoms. The van der Waals surface area contributed by atoms with Gasteiger partial charge < -0.3 is 9.47 Å². The number of esters is 1. The first-order valence-electron chi connectivity index (χ1n) is 5.90. The highest BCUT2D eigenvalue weighted by Crippen LogP contribution is 2.37. The van der Waals surface area contributed by atoms with Crippen LogP contribution in [0, 0.1) is 0 Å². The van der Waals surface area contributed by atoms with Gasteiger partial charge in [-0.05, 0) is 25.5 Å². The molecule has 1 aromatic rings. The van der Waals surface area contributed by atoms with E-state index in [0.29, 0.717) is 24.5 Å². The fourth-order valence-electron chi connectivity index (χ4n) is 2.11. The van der Waals surface area contributed by atoms with Crippen LogP contribution < -0.4 is 0 Å². The predicted molar refractivity (Wildman–Crippen MR) is 72.2 cm³/mol. The van der Waals surface area contributed by atoms with Gasteiger partial charge in [-0.2, -0.15) is 0 Å². The second-order valence-electron chi connectivity index (χ2n) is 4.08. The molecule has 1 aliphatic heterocycles. The Labute approximate surface area is 115 Å². The lowest BCUT2D eigenvalue weighted by Crippen LogP contribution is -2.14. The molecule has 0 spiro atoms. The van der Waals surface area contributed by atoms with Gasteiger partial charge in [0, 0.05) is 4.47 Å². The molecule has 0 amide bonds. The lowest BCUT2D eigenvalue weighted by Gasteiger charge is -2.13. The topological polar surface area (TPSA) is 35.5 Å². The molecule has 0 aromatic heterocycles. The molecule has 1 heterocycles. The molecular formula is C14H15BrO3. The summed E-state index contributed by atoms with van der Waals surface area (Å²) >= 11 is 3.51. The van der Waals surface area contributed by atoms with Crippen molar-refractivity contribution < 1.29 is 14.3 Å². The maximum atomic E-state index is 12.0. The van der Waals surface area contributed by atoms with Gasteiger partial charge in [0.1, 0.15) is 5.76 Å². The molecule has 1 unspecified atom stereocenters. The van der Waals surface area contributed by atoms with E-state index < -0.39 is 0 Å². The zero-order valence-corrected chi connectivity index (χ0v) is 12.0. The summed E-state index contributed by atoms with van der Waals surface area (Å²) in [7, 11) is 0. The van der Waals surface area contributed by atoms with E-state index in [-0.39, 0.29) is 11.9 Å². The number of hydrogen-bond acceptors (Lipinski definition) is 3. The van der Waals surface area contributed by atoms with Crippen LogP contribution in [0.2, 0.25) is 0 Å². The maximum absolute atomic E-state index is 12.0. The van der Waals surface area contributed by atoms with Gasteiger partial charge in [0.15, 0.2) is 0 Å². The third-order valence-electron chi connectivity index (χ3n) is 2.97. The number of hydrogen-bond donors (Lipinski definition) is 0. The zero-order chi connectivity index (χ0) is 13.1. The van der Waals surface area contributed by atoms with Crippen LogP contribution in [-0.4, -0.2) is 19.2 Å². The molecule has 3 nitrogen and oxygen atoms in total. The summed E-state index contributed by atoms with van der Waals surface area (Å²) in [6.07, 6.45) is 0. The first-order chi connectivity index (χ1) is 8.65. The second kappa shape index (κ2) is 5.57. The molecule has 2 rings (SSSR count). The Bertz CT molecular complexity index is 494. The molecule has 18 heavy (non-hydrogen) atoms. The minimum Gasteiger partial charge on any atom is -0.497 e. The summed E-state index contributed by atoms with van der Waals surface area (Å²) in [5.41, 5.74) is 1.68. The summed E-state index contributed by atoms with van der Waals surface area (Å²) in [5.74, 6) is 0.321. The van der Waals surface area contributed by atoms with E-state index in [1.807, 2.05) is 31.2 Å². The van der Waals surface area contributed by atoms with Crippen LogP contribution in [0.25, 0.3) is 0 Å². The van der Waals surface area contributed by atoms with E-state index in [4.69, 9.17) is 9.47 Å². The molecule has 0 saturated heterocycles. The maximum Gasteiger partial charge on any atom is 0.338 e. The molecule has 1 aliphatic rings. The van der Waals surface area contributed by atoms with Crippen LogP contribution >= 0.6 is 15.9 Å². The Morgan fingerprint density at radius 2 is 2.22 bits per heavy atom. The largest absolute Gasteiger partial charge is 0.497 e. The van der Waals surface area contributed by atoms with E-state index in [1.165, 1.54) is 0 Å². The number of rotatable bonds is 3. The molecule has 0 aliphatic carbocycles. The third kappa shape index (κ3) is 2.43. The average Bonchev–Trinajstić information content (AvgIpc) is 2.72. The van der Waals surface area contributed by atoms with Crippen molar-refractivity contribution in [3.05, 3.63) is 45.6 Å². The number of ether oxygens (including phenoxy) is 2. The van der Waals surface area contributed by atoms with Crippen molar-refractivity contribution in [3.8, 4) is 0 Å². The van der Waals surface area contributed by atoms with Crippen molar-refractivity contribution in [1.29, 1.82) is 0 Å². The van der Waals surface area contributed by atoms with Gasteiger partial charge >= 0.3 is 5.97 Å². The average molecular weight is 311 g/mol. The number of carbonyl (C=O) groups excluding carboxylic acids is 1. The highest BCUT2D eigenvalue weighted by atomic mass is 79.9. The Morgan fingerprint density at radius 1 is 1.50 bits per heavy atom. The lowest BCUT2D eigenvalue weighted by atomic mass is 9.92. The lowest BCUT2D eigenvalue weighted by molar-refractivity contribution is -0.138. The molecule has 0 N–H and O–H groups in total. The van der Waals surface area contributed by atoms with Crippen molar-refractivity contribution in [2.24, 2.45) is 0 Å². The zero-order valence-electron chi connectivity index (χ0n) is 10.4. The first-order valence-corrected chi connectivity index (χ1v) is 6.69. The quantitative estimate of drug-likeness (QED) is 0.803. The van der Waals surface area contributed by atoms with Gasteiger partial charge in [0.05, 0.1) is 24.7 Å². The highest BCUT2D eigenvalue weighted by Gasteiger charge is 2.33. The van der Waals surface area contributed by atoms with Crippen LogP contribution in [0.3, 0.4) is 0 Å². The minimum atomic E-state index is -0.284. The van der Waals surface area contributed by atoms with E-state index >= 15 is 0 Å². The van der Waals surface area contributed by atoms with E-state index in [9.17, 15) is 4.79 Å². The molecule has 0 saturated carbocycles. The Morgan fingerprint density at radius 3 is 2.89 bits per heavy atom. The molecule has 0 bridgehead atoms. The van der Waals surface area contributed by atoms with Crippen LogP contribution in [0.1, 0.15) is 25.3 Å². The van der Waals surface area contributed by atoms with Crippen LogP contribution in [0.15, 0.2) is 40.1 Å². The summed E-state index contributed by atoms with van der Waals surface area (Å²) in [4.78, 5) is 12.0. The second-order valence-corrected chi connectivity index (χ2v) is 4.93. The summed E-state index contributed by atoms with van der Waals surface area (Å²) < 4.78 is 11.6. The number of benzene rings is 1. The predicted octanol–water partition coefficient (Wildman–Crippen LogP) is 3.40. The summed E-state index contributed by atoms with van der Waals surface area (Å²) in [6, 6.07) is 7.86. The van der Waals surface area contributed by atoms with Gasteiger partial charge in [-0.3, -0.25) is 0 Å². The van der Waals surface area contributed by atoms with Gasteiger partial charge in [-0.1, -0.05) is 34.1 Å². The molecule has 0 radical (unpaired) electrons. The fraction of sp³-hybridized carbons (Fsp3) is 0.357. The van der Waals surface area contributed by atoms with Gasteiger partial charge in [0.2, 0.25) is 0 Å². The van der Waals surface area contributed by atoms with Crippen LogP contribution in [0.5, 0.6) is 0 Å². The standard InChI is InChI=1S/C14H15BrO3/c1-3-17-14(16)13-9(2)18-8-11(13)10-6-4-5-7-12(10)15/h4-7,11H,3,8H2,1-2H3. The molecular weight excluding hydrogens is 296 g/mol. The molecule has 0 fully saturated rings. The van der Waals surface area contributed by atoms with Crippen molar-refractivity contribution in [1.82, 2.24) is 0 Å². The molecule has 96 valence electrons. The SMILES string of the molecule is CCOC(=O)C1=C(C)OCC1c1ccccc1Br.